The van der Waals surface area contributed by atoms with Crippen molar-refractivity contribution in [1.29, 1.82) is 0 Å². The number of aromatic nitrogens is 1. The molecule has 1 aliphatic rings. The lowest BCUT2D eigenvalue weighted by molar-refractivity contribution is -0.126. The minimum absolute atomic E-state index is 0.00612. The molecule has 0 atom stereocenters. The van der Waals surface area contributed by atoms with Crippen LogP contribution in [0.5, 0.6) is 0 Å². The summed E-state index contributed by atoms with van der Waals surface area (Å²) in [6, 6.07) is 8.14. The average molecular weight is 408 g/mol. The highest BCUT2D eigenvalue weighted by atomic mass is 32.2. The number of nitrogens with zero attached hydrogens (tertiary/aromatic N) is 2. The van der Waals surface area contributed by atoms with Crippen LogP contribution in [0.15, 0.2) is 24.3 Å². The fourth-order valence-corrected chi connectivity index (χ4v) is 5.25. The van der Waals surface area contributed by atoms with Crippen LogP contribution < -0.4 is 5.32 Å². The van der Waals surface area contributed by atoms with Crippen molar-refractivity contribution in [2.24, 2.45) is 5.92 Å². The van der Waals surface area contributed by atoms with E-state index in [9.17, 15) is 13.2 Å². The molecule has 0 radical (unpaired) electrons. The highest BCUT2D eigenvalue weighted by Gasteiger charge is 2.28. The molecule has 0 saturated carbocycles. The fraction of sp³-hybridized carbons (Fsp3) is 0.474. The highest BCUT2D eigenvalue weighted by molar-refractivity contribution is 7.88. The van der Waals surface area contributed by atoms with Crippen LogP contribution in [0.2, 0.25) is 0 Å². The van der Waals surface area contributed by atoms with E-state index in [0.717, 1.165) is 21.1 Å². The predicted molar refractivity (Wildman–Crippen MR) is 108 cm³/mol. The van der Waals surface area contributed by atoms with Crippen LogP contribution in [0.4, 0.5) is 0 Å². The van der Waals surface area contributed by atoms with Crippen LogP contribution in [-0.4, -0.2) is 43.0 Å². The normalized spacial score (nSPS) is 16.4. The molecule has 0 aliphatic carbocycles. The quantitative estimate of drug-likeness (QED) is 0.826. The van der Waals surface area contributed by atoms with Crippen LogP contribution in [-0.2, 0) is 21.4 Å². The largest absolute Gasteiger partial charge is 0.351 e. The van der Waals surface area contributed by atoms with E-state index in [2.05, 4.69) is 29.4 Å². The lowest BCUT2D eigenvalue weighted by Crippen LogP contribution is -2.42. The minimum atomic E-state index is -3.17. The number of sulfonamides is 1. The lowest BCUT2D eigenvalue weighted by Gasteiger charge is -2.29. The van der Waals surface area contributed by atoms with E-state index in [1.54, 1.807) is 11.3 Å². The molecule has 0 bridgehead atoms. The molecule has 146 valence electrons. The number of amides is 1. The van der Waals surface area contributed by atoms with E-state index in [0.29, 0.717) is 32.5 Å². The first kappa shape index (κ1) is 20.0. The first-order valence-corrected chi connectivity index (χ1v) is 11.7. The Balaban J connectivity index is 1.59. The zero-order valence-corrected chi connectivity index (χ0v) is 17.5. The van der Waals surface area contributed by atoms with Gasteiger partial charge in [-0.15, -0.1) is 11.3 Å². The number of carbonyl (C=O) groups excluding carboxylic acids is 1. The molecule has 1 N–H and O–H groups in total. The monoisotopic (exact) mass is 407 g/mol. The van der Waals surface area contributed by atoms with Gasteiger partial charge in [-0.05, 0) is 32.3 Å². The number of rotatable bonds is 5. The summed E-state index contributed by atoms with van der Waals surface area (Å²) in [6.45, 7) is 5.31. The molecule has 1 aromatic heterocycles. The first-order valence-electron chi connectivity index (χ1n) is 9.01. The van der Waals surface area contributed by atoms with E-state index >= 15 is 0 Å². The number of hydrogen-bond acceptors (Lipinski definition) is 5. The summed E-state index contributed by atoms with van der Waals surface area (Å²) >= 11 is 1.61. The molecule has 3 rings (SSSR count). The van der Waals surface area contributed by atoms with Gasteiger partial charge in [-0.1, -0.05) is 24.3 Å². The van der Waals surface area contributed by atoms with Crippen LogP contribution in [0.1, 0.15) is 29.0 Å². The Kier molecular flexibility index (Phi) is 5.98. The summed E-state index contributed by atoms with van der Waals surface area (Å²) in [6.07, 6.45) is 2.34. The highest BCUT2D eigenvalue weighted by Crippen LogP contribution is 2.30. The van der Waals surface area contributed by atoms with E-state index < -0.39 is 10.0 Å². The summed E-state index contributed by atoms with van der Waals surface area (Å²) < 4.78 is 24.6. The molecule has 0 unspecified atom stereocenters. The maximum Gasteiger partial charge on any atom is 0.223 e. The third-order valence-electron chi connectivity index (χ3n) is 4.99. The van der Waals surface area contributed by atoms with Gasteiger partial charge in [-0.25, -0.2) is 17.7 Å². The van der Waals surface area contributed by atoms with Crippen molar-refractivity contribution >= 4 is 27.3 Å². The molecule has 1 amide bonds. The second kappa shape index (κ2) is 8.08. The molecular weight excluding hydrogens is 382 g/mol. The van der Waals surface area contributed by atoms with Crippen LogP contribution >= 0.6 is 11.3 Å². The molecule has 0 spiro atoms. The van der Waals surface area contributed by atoms with Gasteiger partial charge >= 0.3 is 0 Å². The van der Waals surface area contributed by atoms with Crippen molar-refractivity contribution in [2.45, 2.75) is 33.2 Å². The zero-order valence-electron chi connectivity index (χ0n) is 15.9. The van der Waals surface area contributed by atoms with Crippen LogP contribution in [0, 0.1) is 19.8 Å². The SMILES string of the molecule is Cc1ccccc1-c1nc(C)c(CNC(=O)C2CCN(S(C)(=O)=O)CC2)s1. The zero-order chi connectivity index (χ0) is 19.6. The van der Waals surface area contributed by atoms with Crippen molar-refractivity contribution in [2.75, 3.05) is 19.3 Å². The van der Waals surface area contributed by atoms with Gasteiger partial charge in [0.25, 0.3) is 0 Å². The Hall–Kier alpha value is -1.77. The Morgan fingerprint density at radius 2 is 1.93 bits per heavy atom. The summed E-state index contributed by atoms with van der Waals surface area (Å²) in [5.41, 5.74) is 3.24. The van der Waals surface area contributed by atoms with Crippen molar-refractivity contribution in [3.63, 3.8) is 0 Å². The van der Waals surface area contributed by atoms with Crippen molar-refractivity contribution in [3.8, 4) is 10.6 Å². The Morgan fingerprint density at radius 1 is 1.26 bits per heavy atom. The van der Waals surface area contributed by atoms with E-state index in [4.69, 9.17) is 0 Å². The molecule has 6 nitrogen and oxygen atoms in total. The summed E-state index contributed by atoms with van der Waals surface area (Å²) in [5.74, 6) is -0.138. The third-order valence-corrected chi connectivity index (χ3v) is 7.48. The number of piperidine rings is 1. The molecule has 2 aromatic rings. The minimum Gasteiger partial charge on any atom is -0.351 e. The summed E-state index contributed by atoms with van der Waals surface area (Å²) in [4.78, 5) is 18.2. The van der Waals surface area contributed by atoms with Gasteiger partial charge < -0.3 is 5.32 Å². The van der Waals surface area contributed by atoms with Crippen molar-refractivity contribution in [1.82, 2.24) is 14.6 Å². The smallest absolute Gasteiger partial charge is 0.223 e. The van der Waals surface area contributed by atoms with Gasteiger partial charge in [-0.3, -0.25) is 4.79 Å². The van der Waals surface area contributed by atoms with Crippen molar-refractivity contribution < 1.29 is 13.2 Å². The maximum atomic E-state index is 12.5. The number of carbonyl (C=O) groups is 1. The van der Waals surface area contributed by atoms with Crippen molar-refractivity contribution in [3.05, 3.63) is 40.4 Å². The Bertz CT molecular complexity index is 929. The maximum absolute atomic E-state index is 12.5. The summed E-state index contributed by atoms with van der Waals surface area (Å²) in [5, 5.41) is 3.97. The second-order valence-electron chi connectivity index (χ2n) is 7.00. The average Bonchev–Trinajstić information content (AvgIpc) is 3.00. The van der Waals surface area contributed by atoms with Gasteiger partial charge in [0.2, 0.25) is 15.9 Å². The Labute approximate surface area is 164 Å². The van der Waals surface area contributed by atoms with E-state index in [1.165, 1.54) is 16.1 Å². The predicted octanol–water partition coefficient (Wildman–Crippen LogP) is 2.71. The van der Waals surface area contributed by atoms with Crippen LogP contribution in [0.3, 0.4) is 0 Å². The molecular formula is C19H25N3O3S2. The number of nitrogens with one attached hydrogen (secondary N) is 1. The second-order valence-corrected chi connectivity index (χ2v) is 10.1. The molecule has 27 heavy (non-hydrogen) atoms. The molecule has 1 fully saturated rings. The first-order chi connectivity index (χ1) is 12.8. The number of hydrogen-bond donors (Lipinski definition) is 1. The molecule has 1 saturated heterocycles. The summed E-state index contributed by atoms with van der Waals surface area (Å²) in [7, 11) is -3.17. The van der Waals surface area contributed by atoms with Gasteiger partial charge in [0.1, 0.15) is 5.01 Å². The van der Waals surface area contributed by atoms with Gasteiger partial charge in [-0.2, -0.15) is 0 Å². The third kappa shape index (κ3) is 4.75. The number of aryl methyl sites for hydroxylation is 2. The number of thiazole rings is 1. The molecule has 1 aromatic carbocycles. The van der Waals surface area contributed by atoms with Gasteiger partial charge in [0.05, 0.1) is 18.5 Å². The van der Waals surface area contributed by atoms with Crippen LogP contribution in [0.25, 0.3) is 10.6 Å². The van der Waals surface area contributed by atoms with Gasteiger partial charge in [0.15, 0.2) is 0 Å². The number of benzene rings is 1. The van der Waals surface area contributed by atoms with Gasteiger partial charge in [0, 0.05) is 29.4 Å². The Morgan fingerprint density at radius 3 is 2.56 bits per heavy atom. The molecule has 1 aliphatic heterocycles. The standard InChI is InChI=1S/C19H25N3O3S2/c1-13-6-4-5-7-16(13)19-21-14(2)17(26-19)12-20-18(23)15-8-10-22(11-9-15)27(3,24)25/h4-7,15H,8-12H2,1-3H3,(H,20,23). The van der Waals surface area contributed by atoms with E-state index in [-0.39, 0.29) is 11.8 Å². The lowest BCUT2D eigenvalue weighted by atomic mass is 9.97. The van der Waals surface area contributed by atoms with E-state index in [1.807, 2.05) is 19.1 Å². The fourth-order valence-electron chi connectivity index (χ4n) is 3.28. The topological polar surface area (TPSA) is 79.4 Å². The molecule has 2 heterocycles. The molecule has 8 heteroatoms.